The lowest BCUT2D eigenvalue weighted by atomic mass is 9.93. The molecule has 2 aromatic heterocycles. The van der Waals surface area contributed by atoms with Crippen molar-refractivity contribution in [3.05, 3.63) is 100 Å². The molecule has 0 fully saturated rings. The summed E-state index contributed by atoms with van der Waals surface area (Å²) < 4.78 is 14.9. The Bertz CT molecular complexity index is 1380. The zero-order valence-corrected chi connectivity index (χ0v) is 20.3. The molecule has 4 aromatic rings. The second-order valence-corrected chi connectivity index (χ2v) is 9.96. The molecule has 0 aliphatic carbocycles. The Morgan fingerprint density at radius 3 is 2.63 bits per heavy atom. The summed E-state index contributed by atoms with van der Waals surface area (Å²) in [6, 6.07) is 19.6. The van der Waals surface area contributed by atoms with Crippen LogP contribution in [0.4, 0.5) is 4.39 Å². The van der Waals surface area contributed by atoms with Crippen LogP contribution in [-0.4, -0.2) is 32.0 Å². The van der Waals surface area contributed by atoms with Crippen molar-refractivity contribution in [2.75, 3.05) is 0 Å². The van der Waals surface area contributed by atoms with E-state index in [1.54, 1.807) is 46.0 Å². The van der Waals surface area contributed by atoms with E-state index >= 15 is 0 Å². The third-order valence-electron chi connectivity index (χ3n) is 6.35. The molecule has 1 aliphatic heterocycles. The molecule has 5 rings (SSSR count). The highest BCUT2D eigenvalue weighted by Gasteiger charge is 2.48. The molecule has 2 aromatic carbocycles. The molecule has 0 radical (unpaired) electrons. The maximum atomic E-state index is 13.8. The lowest BCUT2D eigenvalue weighted by molar-refractivity contribution is -0.133. The standard InChI is InChI=1S/C27H25FN4O2S/c1-18-5-3-6-20(13-18)16-31-25(33)23-14-22(24-7-4-12-35-24)30-32(23)17-27(31,2)26(34)29-15-19-8-10-21(28)11-9-19/h3-14H,15-17H2,1-2H3,(H,29,34)/t27-/m1/s1. The van der Waals surface area contributed by atoms with Crippen LogP contribution in [0.5, 0.6) is 0 Å². The lowest BCUT2D eigenvalue weighted by Gasteiger charge is -2.43. The van der Waals surface area contributed by atoms with Gasteiger partial charge in [0.25, 0.3) is 5.91 Å². The van der Waals surface area contributed by atoms with E-state index in [2.05, 4.69) is 10.4 Å². The molecule has 8 heteroatoms. The van der Waals surface area contributed by atoms with Gasteiger partial charge in [-0.3, -0.25) is 14.3 Å². The number of hydrogen-bond donors (Lipinski definition) is 1. The largest absolute Gasteiger partial charge is 0.350 e. The third-order valence-corrected chi connectivity index (χ3v) is 7.24. The summed E-state index contributed by atoms with van der Waals surface area (Å²) in [6.07, 6.45) is 0. The predicted octanol–water partition coefficient (Wildman–Crippen LogP) is 4.79. The van der Waals surface area contributed by atoms with Gasteiger partial charge in [-0.2, -0.15) is 5.10 Å². The lowest BCUT2D eigenvalue weighted by Crippen LogP contribution is -2.63. The first kappa shape index (κ1) is 23.0. The van der Waals surface area contributed by atoms with Crippen LogP contribution in [-0.2, 0) is 24.4 Å². The van der Waals surface area contributed by atoms with E-state index in [0.29, 0.717) is 12.2 Å². The van der Waals surface area contributed by atoms with Gasteiger partial charge in [0.05, 0.1) is 11.4 Å². The van der Waals surface area contributed by atoms with Gasteiger partial charge in [-0.05, 0) is 54.6 Å². The Labute approximate surface area is 207 Å². The Morgan fingerprint density at radius 1 is 1.11 bits per heavy atom. The highest BCUT2D eigenvalue weighted by molar-refractivity contribution is 7.13. The minimum absolute atomic E-state index is 0.223. The van der Waals surface area contributed by atoms with Crippen LogP contribution < -0.4 is 5.32 Å². The first-order chi connectivity index (χ1) is 16.8. The van der Waals surface area contributed by atoms with Crippen molar-refractivity contribution in [2.45, 2.75) is 39.0 Å². The van der Waals surface area contributed by atoms with Gasteiger partial charge in [-0.1, -0.05) is 48.0 Å². The topological polar surface area (TPSA) is 67.2 Å². The summed E-state index contributed by atoms with van der Waals surface area (Å²) in [6.45, 7) is 4.52. The van der Waals surface area contributed by atoms with E-state index in [-0.39, 0.29) is 30.7 Å². The van der Waals surface area contributed by atoms with Gasteiger partial charge in [0.2, 0.25) is 5.91 Å². The van der Waals surface area contributed by atoms with Gasteiger partial charge in [0.15, 0.2) is 0 Å². The van der Waals surface area contributed by atoms with Crippen molar-refractivity contribution in [2.24, 2.45) is 0 Å². The van der Waals surface area contributed by atoms with Crippen molar-refractivity contribution in [3.8, 4) is 10.6 Å². The van der Waals surface area contributed by atoms with Gasteiger partial charge < -0.3 is 10.2 Å². The summed E-state index contributed by atoms with van der Waals surface area (Å²) >= 11 is 1.55. The second-order valence-electron chi connectivity index (χ2n) is 9.01. The molecule has 6 nitrogen and oxygen atoms in total. The van der Waals surface area contributed by atoms with Crippen molar-refractivity contribution in [1.29, 1.82) is 0 Å². The predicted molar refractivity (Wildman–Crippen MR) is 133 cm³/mol. The van der Waals surface area contributed by atoms with Crippen molar-refractivity contribution in [3.63, 3.8) is 0 Å². The molecule has 1 atom stereocenters. The summed E-state index contributed by atoms with van der Waals surface area (Å²) in [7, 11) is 0. The molecule has 1 aliphatic rings. The number of benzene rings is 2. The van der Waals surface area contributed by atoms with Gasteiger partial charge >= 0.3 is 0 Å². The number of nitrogens with zero attached hydrogens (tertiary/aromatic N) is 3. The average molecular weight is 489 g/mol. The minimum Gasteiger partial charge on any atom is -0.350 e. The SMILES string of the molecule is Cc1cccc(CN2C(=O)c3cc(-c4cccs4)nn3C[C@]2(C)C(=O)NCc2ccc(F)cc2)c1. The molecule has 3 heterocycles. The number of carbonyl (C=O) groups excluding carboxylic acids is 2. The number of hydrogen-bond acceptors (Lipinski definition) is 4. The molecular formula is C27H25FN4O2S. The third kappa shape index (κ3) is 4.49. The molecule has 0 unspecified atom stereocenters. The number of halogens is 1. The Kier molecular flexibility index (Phi) is 5.98. The van der Waals surface area contributed by atoms with E-state index in [0.717, 1.165) is 27.3 Å². The van der Waals surface area contributed by atoms with Gasteiger partial charge in [-0.15, -0.1) is 11.3 Å². The van der Waals surface area contributed by atoms with E-state index in [1.807, 2.05) is 48.7 Å². The molecule has 2 amide bonds. The highest BCUT2D eigenvalue weighted by Crippen LogP contribution is 2.32. The molecule has 1 N–H and O–H groups in total. The van der Waals surface area contributed by atoms with Gasteiger partial charge in [0.1, 0.15) is 22.7 Å². The van der Waals surface area contributed by atoms with Crippen LogP contribution in [0.25, 0.3) is 10.6 Å². The number of fused-ring (bicyclic) bond motifs is 1. The van der Waals surface area contributed by atoms with Gasteiger partial charge in [-0.25, -0.2) is 4.39 Å². The van der Waals surface area contributed by atoms with Crippen molar-refractivity contribution in [1.82, 2.24) is 20.0 Å². The number of nitrogens with one attached hydrogen (secondary N) is 1. The normalized spacial score (nSPS) is 17.3. The van der Waals surface area contributed by atoms with Crippen LogP contribution in [0, 0.1) is 12.7 Å². The number of aromatic nitrogens is 2. The van der Waals surface area contributed by atoms with Crippen LogP contribution in [0.1, 0.15) is 34.1 Å². The molecular weight excluding hydrogens is 463 g/mol. The number of amides is 2. The second kappa shape index (κ2) is 9.11. The highest BCUT2D eigenvalue weighted by atomic mass is 32.1. The molecule has 178 valence electrons. The van der Waals surface area contributed by atoms with Crippen LogP contribution in [0.15, 0.2) is 72.1 Å². The Balaban J connectivity index is 1.48. The molecule has 0 spiro atoms. The van der Waals surface area contributed by atoms with Gasteiger partial charge in [0, 0.05) is 13.1 Å². The Hall–Kier alpha value is -3.78. The number of rotatable bonds is 6. The number of aryl methyl sites for hydroxylation is 1. The monoisotopic (exact) mass is 488 g/mol. The molecule has 0 saturated carbocycles. The van der Waals surface area contributed by atoms with Crippen LogP contribution >= 0.6 is 11.3 Å². The van der Waals surface area contributed by atoms with Crippen molar-refractivity contribution >= 4 is 23.2 Å². The zero-order valence-electron chi connectivity index (χ0n) is 19.5. The Morgan fingerprint density at radius 2 is 1.91 bits per heavy atom. The fourth-order valence-corrected chi connectivity index (χ4v) is 5.08. The van der Waals surface area contributed by atoms with E-state index in [1.165, 1.54) is 12.1 Å². The summed E-state index contributed by atoms with van der Waals surface area (Å²) in [5, 5.41) is 9.58. The molecule has 0 saturated heterocycles. The van der Waals surface area contributed by atoms with E-state index in [4.69, 9.17) is 0 Å². The quantitative estimate of drug-likeness (QED) is 0.424. The maximum Gasteiger partial charge on any atom is 0.273 e. The van der Waals surface area contributed by atoms with Crippen LogP contribution in [0.3, 0.4) is 0 Å². The molecule has 35 heavy (non-hydrogen) atoms. The van der Waals surface area contributed by atoms with E-state index < -0.39 is 5.54 Å². The van der Waals surface area contributed by atoms with Crippen molar-refractivity contribution < 1.29 is 14.0 Å². The smallest absolute Gasteiger partial charge is 0.273 e. The maximum absolute atomic E-state index is 13.8. The number of carbonyl (C=O) groups is 2. The summed E-state index contributed by atoms with van der Waals surface area (Å²) in [5.74, 6) is -0.865. The fraction of sp³-hybridized carbons (Fsp3) is 0.222. The zero-order chi connectivity index (χ0) is 24.6. The summed E-state index contributed by atoms with van der Waals surface area (Å²) in [5.41, 5.74) is 2.81. The average Bonchev–Trinajstić information content (AvgIpc) is 3.51. The van der Waals surface area contributed by atoms with E-state index in [9.17, 15) is 14.0 Å². The first-order valence-corrected chi connectivity index (χ1v) is 12.2. The first-order valence-electron chi connectivity index (χ1n) is 11.4. The fourth-order valence-electron chi connectivity index (χ4n) is 4.40. The number of thiophene rings is 1. The minimum atomic E-state index is -1.17. The molecule has 0 bridgehead atoms. The summed E-state index contributed by atoms with van der Waals surface area (Å²) in [4.78, 5) is 30.0. The van der Waals surface area contributed by atoms with Crippen LogP contribution in [0.2, 0.25) is 0 Å².